The summed E-state index contributed by atoms with van der Waals surface area (Å²) in [5.74, 6) is -0.330. The van der Waals surface area contributed by atoms with Crippen LogP contribution in [0.4, 0.5) is 0 Å². The lowest BCUT2D eigenvalue weighted by Crippen LogP contribution is -2.06. The number of aliphatic imine (C=N–C) groups is 1. The third-order valence-electron chi connectivity index (χ3n) is 2.54. The first kappa shape index (κ1) is 17.1. The monoisotopic (exact) mass is 297 g/mol. The molecule has 0 saturated carbocycles. The van der Waals surface area contributed by atoms with Gasteiger partial charge in [0.1, 0.15) is 0 Å². The molecule has 0 aliphatic heterocycles. The summed E-state index contributed by atoms with van der Waals surface area (Å²) in [6.45, 7) is 8.32. The van der Waals surface area contributed by atoms with E-state index in [2.05, 4.69) is 4.99 Å². The number of hydrogen-bond donors (Lipinski definition) is 0. The summed E-state index contributed by atoms with van der Waals surface area (Å²) in [6, 6.07) is 9.50. The van der Waals surface area contributed by atoms with Crippen molar-refractivity contribution in [1.29, 1.82) is 0 Å². The minimum Gasteiger partial charge on any atom is -0.307 e. The van der Waals surface area contributed by atoms with Gasteiger partial charge in [-0.1, -0.05) is 44.2 Å². The Hall–Kier alpha value is -0.960. The van der Waals surface area contributed by atoms with Crippen molar-refractivity contribution in [2.24, 2.45) is 10.9 Å². The molecule has 1 aromatic rings. The van der Waals surface area contributed by atoms with Crippen LogP contribution in [-0.4, -0.2) is 19.4 Å². The third-order valence-corrected chi connectivity index (χ3v) is 4.81. The van der Waals surface area contributed by atoms with Crippen molar-refractivity contribution >= 4 is 13.8 Å². The topological polar surface area (TPSA) is 47.9 Å². The summed E-state index contributed by atoms with van der Waals surface area (Å²) in [5.41, 5.74) is 0.842. The van der Waals surface area contributed by atoms with Crippen molar-refractivity contribution < 1.29 is 13.6 Å². The molecule has 0 aliphatic rings. The van der Waals surface area contributed by atoms with Crippen molar-refractivity contribution in [3.05, 3.63) is 35.9 Å². The maximum Gasteiger partial charge on any atom is 0.359 e. The van der Waals surface area contributed by atoms with E-state index >= 15 is 0 Å². The molecule has 1 atom stereocenters. The first-order valence-corrected chi connectivity index (χ1v) is 8.61. The largest absolute Gasteiger partial charge is 0.359 e. The SMILES string of the molecule is CCOP(=O)(OCC)C(N=CC(C)C)c1ccccc1. The summed E-state index contributed by atoms with van der Waals surface area (Å²) in [6.07, 6.45) is 1.79. The average Bonchev–Trinajstić information content (AvgIpc) is 2.40. The van der Waals surface area contributed by atoms with E-state index < -0.39 is 13.4 Å². The van der Waals surface area contributed by atoms with Crippen molar-refractivity contribution in [3.8, 4) is 0 Å². The molecule has 0 spiro atoms. The molecule has 112 valence electrons. The molecule has 1 unspecified atom stereocenters. The van der Waals surface area contributed by atoms with Gasteiger partial charge in [0.2, 0.25) is 0 Å². The van der Waals surface area contributed by atoms with Crippen LogP contribution in [0, 0.1) is 5.92 Å². The van der Waals surface area contributed by atoms with Gasteiger partial charge in [-0.3, -0.25) is 9.56 Å². The van der Waals surface area contributed by atoms with Crippen LogP contribution in [0.3, 0.4) is 0 Å². The Morgan fingerprint density at radius 2 is 1.70 bits per heavy atom. The Morgan fingerprint density at radius 1 is 1.15 bits per heavy atom. The van der Waals surface area contributed by atoms with Gasteiger partial charge in [0.05, 0.1) is 13.2 Å². The zero-order chi connectivity index (χ0) is 15.0. The van der Waals surface area contributed by atoms with E-state index in [4.69, 9.17) is 9.05 Å². The summed E-state index contributed by atoms with van der Waals surface area (Å²) >= 11 is 0. The van der Waals surface area contributed by atoms with Gasteiger partial charge >= 0.3 is 7.60 Å². The molecule has 0 aromatic heterocycles. The van der Waals surface area contributed by atoms with E-state index in [0.29, 0.717) is 13.2 Å². The van der Waals surface area contributed by atoms with Crippen LogP contribution in [-0.2, 0) is 13.6 Å². The van der Waals surface area contributed by atoms with Gasteiger partial charge in [0, 0.05) is 6.21 Å². The van der Waals surface area contributed by atoms with Crippen molar-refractivity contribution in [2.75, 3.05) is 13.2 Å². The molecule has 0 bridgehead atoms. The molecule has 0 amide bonds. The van der Waals surface area contributed by atoms with E-state index in [0.717, 1.165) is 5.56 Å². The van der Waals surface area contributed by atoms with E-state index in [9.17, 15) is 4.57 Å². The van der Waals surface area contributed by atoms with Crippen LogP contribution in [0.25, 0.3) is 0 Å². The van der Waals surface area contributed by atoms with Crippen LogP contribution >= 0.6 is 7.60 Å². The van der Waals surface area contributed by atoms with Gasteiger partial charge in [0.25, 0.3) is 0 Å². The van der Waals surface area contributed by atoms with Crippen LogP contribution in [0.15, 0.2) is 35.3 Å². The highest BCUT2D eigenvalue weighted by Gasteiger charge is 2.36. The Labute approximate surface area is 121 Å². The average molecular weight is 297 g/mol. The standard InChI is InChI=1S/C15H24NO3P/c1-5-18-20(17,19-6-2)15(16-12-13(3)4)14-10-8-7-9-11-14/h7-13,15H,5-6H2,1-4H3. The van der Waals surface area contributed by atoms with E-state index in [-0.39, 0.29) is 5.92 Å². The fourth-order valence-electron chi connectivity index (χ4n) is 1.77. The predicted octanol–water partition coefficient (Wildman–Crippen LogP) is 4.68. The number of rotatable bonds is 8. The molecule has 0 saturated heterocycles. The minimum atomic E-state index is -3.31. The van der Waals surface area contributed by atoms with Crippen LogP contribution in [0.2, 0.25) is 0 Å². The maximum absolute atomic E-state index is 13.0. The molecule has 0 N–H and O–H groups in total. The first-order valence-electron chi connectivity index (χ1n) is 7.00. The summed E-state index contributed by atoms with van der Waals surface area (Å²) < 4.78 is 23.8. The van der Waals surface area contributed by atoms with E-state index in [1.165, 1.54) is 0 Å². The van der Waals surface area contributed by atoms with Crippen LogP contribution in [0.1, 0.15) is 39.0 Å². The molecule has 0 radical (unpaired) electrons. The summed E-state index contributed by atoms with van der Waals surface area (Å²) in [4.78, 5) is 4.46. The van der Waals surface area contributed by atoms with Gasteiger partial charge in [-0.05, 0) is 25.3 Å². The Bertz CT molecular complexity index is 449. The smallest absolute Gasteiger partial charge is 0.307 e. The van der Waals surface area contributed by atoms with E-state index in [1.807, 2.05) is 44.2 Å². The number of benzene rings is 1. The van der Waals surface area contributed by atoms with Crippen LogP contribution < -0.4 is 0 Å². The fraction of sp³-hybridized carbons (Fsp3) is 0.533. The van der Waals surface area contributed by atoms with Gasteiger partial charge in [0.15, 0.2) is 5.78 Å². The molecule has 0 heterocycles. The lowest BCUT2D eigenvalue weighted by atomic mass is 10.2. The molecule has 20 heavy (non-hydrogen) atoms. The highest BCUT2D eigenvalue weighted by Crippen LogP contribution is 2.61. The number of hydrogen-bond acceptors (Lipinski definition) is 4. The van der Waals surface area contributed by atoms with Crippen molar-refractivity contribution in [3.63, 3.8) is 0 Å². The Morgan fingerprint density at radius 3 is 2.15 bits per heavy atom. The quantitative estimate of drug-likeness (QED) is 0.517. The second kappa shape index (κ2) is 8.35. The molecular formula is C15H24NO3P. The molecular weight excluding hydrogens is 273 g/mol. The lowest BCUT2D eigenvalue weighted by Gasteiger charge is -2.24. The normalized spacial score (nSPS) is 14.1. The van der Waals surface area contributed by atoms with Crippen molar-refractivity contribution in [2.45, 2.75) is 33.5 Å². The minimum absolute atomic E-state index is 0.276. The Kier molecular flexibility index (Phi) is 7.14. The summed E-state index contributed by atoms with van der Waals surface area (Å²) in [7, 11) is -3.31. The van der Waals surface area contributed by atoms with Gasteiger partial charge in [-0.25, -0.2) is 0 Å². The van der Waals surface area contributed by atoms with E-state index in [1.54, 1.807) is 20.1 Å². The van der Waals surface area contributed by atoms with Gasteiger partial charge in [-0.2, -0.15) is 0 Å². The van der Waals surface area contributed by atoms with Gasteiger partial charge in [-0.15, -0.1) is 0 Å². The molecule has 1 rings (SSSR count). The second-order valence-corrected chi connectivity index (χ2v) is 6.79. The molecule has 1 aromatic carbocycles. The van der Waals surface area contributed by atoms with Gasteiger partial charge < -0.3 is 9.05 Å². The zero-order valence-corrected chi connectivity index (χ0v) is 13.5. The fourth-order valence-corrected chi connectivity index (χ4v) is 3.62. The molecule has 0 aliphatic carbocycles. The predicted molar refractivity (Wildman–Crippen MR) is 83.4 cm³/mol. The lowest BCUT2D eigenvalue weighted by molar-refractivity contribution is 0.212. The third kappa shape index (κ3) is 4.86. The second-order valence-electron chi connectivity index (χ2n) is 4.70. The number of nitrogens with zero attached hydrogens (tertiary/aromatic N) is 1. The summed E-state index contributed by atoms with van der Waals surface area (Å²) in [5, 5.41) is 0. The molecule has 4 nitrogen and oxygen atoms in total. The molecule has 0 fully saturated rings. The van der Waals surface area contributed by atoms with Crippen LogP contribution in [0.5, 0.6) is 0 Å². The van der Waals surface area contributed by atoms with Crippen molar-refractivity contribution in [1.82, 2.24) is 0 Å². The highest BCUT2D eigenvalue weighted by molar-refractivity contribution is 7.54. The Balaban J connectivity index is 3.17. The zero-order valence-electron chi connectivity index (χ0n) is 12.7. The molecule has 5 heteroatoms. The maximum atomic E-state index is 13.0. The highest BCUT2D eigenvalue weighted by atomic mass is 31.2. The first-order chi connectivity index (χ1) is 9.53.